The van der Waals surface area contributed by atoms with Crippen molar-refractivity contribution in [3.8, 4) is 0 Å². The summed E-state index contributed by atoms with van der Waals surface area (Å²) in [6.45, 7) is 5.09. The summed E-state index contributed by atoms with van der Waals surface area (Å²) in [6, 6.07) is 14.2. The Bertz CT molecular complexity index is 726. The Morgan fingerprint density at radius 2 is 2.00 bits per heavy atom. The second-order valence-electron chi connectivity index (χ2n) is 6.27. The average molecular weight is 309 g/mol. The van der Waals surface area contributed by atoms with Crippen molar-refractivity contribution in [1.29, 1.82) is 0 Å². The van der Waals surface area contributed by atoms with E-state index >= 15 is 0 Å². The van der Waals surface area contributed by atoms with Crippen LogP contribution in [0.4, 0.5) is 11.4 Å². The number of nitrogens with two attached hydrogens (primary N) is 1. The molecule has 2 aromatic carbocycles. The molecule has 0 aliphatic carbocycles. The minimum Gasteiger partial charge on any atom is -0.360 e. The lowest BCUT2D eigenvalue weighted by molar-refractivity contribution is -0.115. The first-order chi connectivity index (χ1) is 11.0. The standard InChI is InChI=1S/C19H23N3O/c1-13-6-5-8-17(14(13)2)21-19(23)12-22-11-16(20)10-15-7-3-4-9-18(15)22/h3-9,16H,10-12,20H2,1-2H3,(H,21,23). The smallest absolute Gasteiger partial charge is 0.243 e. The Morgan fingerprint density at radius 3 is 2.83 bits per heavy atom. The molecule has 2 aromatic rings. The van der Waals surface area contributed by atoms with Crippen molar-refractivity contribution < 1.29 is 4.79 Å². The third-order valence-electron chi connectivity index (χ3n) is 4.48. The molecule has 4 heteroatoms. The first-order valence-corrected chi connectivity index (χ1v) is 7.99. The van der Waals surface area contributed by atoms with Gasteiger partial charge in [-0.25, -0.2) is 0 Å². The maximum atomic E-state index is 12.5. The van der Waals surface area contributed by atoms with Crippen LogP contribution in [0.1, 0.15) is 16.7 Å². The van der Waals surface area contributed by atoms with Crippen molar-refractivity contribution in [3.05, 3.63) is 59.2 Å². The highest BCUT2D eigenvalue weighted by molar-refractivity contribution is 5.95. The first-order valence-electron chi connectivity index (χ1n) is 7.99. The number of rotatable bonds is 3. The van der Waals surface area contributed by atoms with Crippen LogP contribution in [-0.4, -0.2) is 25.0 Å². The summed E-state index contributed by atoms with van der Waals surface area (Å²) in [6.07, 6.45) is 0.866. The summed E-state index contributed by atoms with van der Waals surface area (Å²) in [5.74, 6) is -0.0115. The minimum absolute atomic E-state index is 0.0115. The second-order valence-corrected chi connectivity index (χ2v) is 6.27. The number of carbonyl (C=O) groups is 1. The van der Waals surface area contributed by atoms with Gasteiger partial charge >= 0.3 is 0 Å². The fraction of sp³-hybridized carbons (Fsp3) is 0.316. The lowest BCUT2D eigenvalue weighted by Crippen LogP contribution is -2.46. The van der Waals surface area contributed by atoms with Gasteiger partial charge in [0.15, 0.2) is 0 Å². The molecule has 3 N–H and O–H groups in total. The number of fused-ring (bicyclic) bond motifs is 1. The molecule has 1 atom stereocenters. The van der Waals surface area contributed by atoms with Crippen molar-refractivity contribution >= 4 is 17.3 Å². The number of nitrogens with one attached hydrogen (secondary N) is 1. The van der Waals surface area contributed by atoms with Crippen LogP contribution in [0, 0.1) is 13.8 Å². The number of nitrogens with zero attached hydrogens (tertiary/aromatic N) is 1. The van der Waals surface area contributed by atoms with Crippen LogP contribution in [0.5, 0.6) is 0 Å². The van der Waals surface area contributed by atoms with E-state index in [2.05, 4.69) is 22.3 Å². The molecule has 3 rings (SSSR count). The number of benzene rings is 2. The number of aryl methyl sites for hydroxylation is 1. The third kappa shape index (κ3) is 3.37. The predicted octanol–water partition coefficient (Wildman–Crippen LogP) is 2.63. The maximum Gasteiger partial charge on any atom is 0.243 e. The van der Waals surface area contributed by atoms with E-state index in [0.29, 0.717) is 13.1 Å². The number of hydrogen-bond donors (Lipinski definition) is 2. The Hall–Kier alpha value is -2.33. The first kappa shape index (κ1) is 15.6. The summed E-state index contributed by atoms with van der Waals surface area (Å²) in [7, 11) is 0. The van der Waals surface area contributed by atoms with Crippen LogP contribution in [0.3, 0.4) is 0 Å². The van der Waals surface area contributed by atoms with Gasteiger partial charge in [0.05, 0.1) is 6.54 Å². The molecule has 0 fully saturated rings. The lowest BCUT2D eigenvalue weighted by atomic mass is 9.98. The molecule has 120 valence electrons. The number of hydrogen-bond acceptors (Lipinski definition) is 3. The summed E-state index contributed by atoms with van der Waals surface area (Å²) in [5, 5.41) is 3.02. The molecule has 1 aliphatic rings. The monoisotopic (exact) mass is 309 g/mol. The average Bonchev–Trinajstić information content (AvgIpc) is 2.51. The van der Waals surface area contributed by atoms with Gasteiger partial charge in [-0.1, -0.05) is 30.3 Å². The molecule has 0 aromatic heterocycles. The van der Waals surface area contributed by atoms with E-state index in [1.807, 2.05) is 44.2 Å². The van der Waals surface area contributed by atoms with Gasteiger partial charge in [0.2, 0.25) is 5.91 Å². The predicted molar refractivity (Wildman–Crippen MR) is 94.9 cm³/mol. The molecule has 1 heterocycles. The van der Waals surface area contributed by atoms with Crippen LogP contribution in [0.25, 0.3) is 0 Å². The van der Waals surface area contributed by atoms with Crippen LogP contribution in [0.2, 0.25) is 0 Å². The summed E-state index contributed by atoms with van der Waals surface area (Å²) < 4.78 is 0. The van der Waals surface area contributed by atoms with E-state index in [4.69, 9.17) is 5.73 Å². The SMILES string of the molecule is Cc1cccc(NC(=O)CN2CC(N)Cc3ccccc32)c1C. The van der Waals surface area contributed by atoms with E-state index in [1.54, 1.807) is 0 Å². The van der Waals surface area contributed by atoms with Gasteiger partial charge in [-0.15, -0.1) is 0 Å². The number of carbonyl (C=O) groups excluding carboxylic acids is 1. The van der Waals surface area contributed by atoms with Gasteiger partial charge in [-0.05, 0) is 49.1 Å². The molecular formula is C19H23N3O. The minimum atomic E-state index is -0.0115. The topological polar surface area (TPSA) is 58.4 Å². The number of anilines is 2. The molecular weight excluding hydrogens is 286 g/mol. The zero-order chi connectivity index (χ0) is 16.4. The van der Waals surface area contributed by atoms with E-state index < -0.39 is 0 Å². The zero-order valence-electron chi connectivity index (χ0n) is 13.7. The van der Waals surface area contributed by atoms with Gasteiger partial charge in [0.1, 0.15) is 0 Å². The van der Waals surface area contributed by atoms with Crippen LogP contribution >= 0.6 is 0 Å². The normalized spacial score (nSPS) is 16.8. The Labute approximate surface area is 137 Å². The third-order valence-corrected chi connectivity index (χ3v) is 4.48. The molecule has 0 saturated carbocycles. The Kier molecular flexibility index (Phi) is 4.35. The maximum absolute atomic E-state index is 12.5. The van der Waals surface area contributed by atoms with E-state index in [9.17, 15) is 4.79 Å². The van der Waals surface area contributed by atoms with Gasteiger partial charge in [0, 0.05) is 24.0 Å². The molecule has 23 heavy (non-hydrogen) atoms. The highest BCUT2D eigenvalue weighted by Gasteiger charge is 2.23. The summed E-state index contributed by atoms with van der Waals surface area (Å²) >= 11 is 0. The van der Waals surface area contributed by atoms with Gasteiger partial charge in [-0.3, -0.25) is 4.79 Å². The highest BCUT2D eigenvalue weighted by Crippen LogP contribution is 2.26. The quantitative estimate of drug-likeness (QED) is 0.916. The molecule has 1 amide bonds. The van der Waals surface area contributed by atoms with E-state index in [0.717, 1.165) is 23.4 Å². The van der Waals surface area contributed by atoms with Crippen LogP contribution in [0.15, 0.2) is 42.5 Å². The van der Waals surface area contributed by atoms with Crippen LogP contribution in [-0.2, 0) is 11.2 Å². The van der Waals surface area contributed by atoms with Crippen LogP contribution < -0.4 is 16.0 Å². The number of para-hydroxylation sites is 1. The summed E-state index contributed by atoms with van der Waals surface area (Å²) in [4.78, 5) is 14.5. The molecule has 0 bridgehead atoms. The van der Waals surface area contributed by atoms with E-state index in [-0.39, 0.29) is 11.9 Å². The molecule has 0 spiro atoms. The van der Waals surface area contributed by atoms with Crippen molar-refractivity contribution in [1.82, 2.24) is 0 Å². The lowest BCUT2D eigenvalue weighted by Gasteiger charge is -2.34. The largest absolute Gasteiger partial charge is 0.360 e. The second kappa shape index (κ2) is 6.42. The van der Waals surface area contributed by atoms with Crippen molar-refractivity contribution in [2.45, 2.75) is 26.3 Å². The van der Waals surface area contributed by atoms with E-state index in [1.165, 1.54) is 11.1 Å². The van der Waals surface area contributed by atoms with Gasteiger partial charge < -0.3 is 16.0 Å². The Balaban J connectivity index is 1.74. The Morgan fingerprint density at radius 1 is 1.22 bits per heavy atom. The molecule has 0 saturated heterocycles. The van der Waals surface area contributed by atoms with Gasteiger partial charge in [-0.2, -0.15) is 0 Å². The molecule has 1 unspecified atom stereocenters. The number of amides is 1. The van der Waals surface area contributed by atoms with Crippen molar-refractivity contribution in [2.24, 2.45) is 5.73 Å². The zero-order valence-corrected chi connectivity index (χ0v) is 13.7. The van der Waals surface area contributed by atoms with Crippen molar-refractivity contribution in [2.75, 3.05) is 23.3 Å². The fourth-order valence-electron chi connectivity index (χ4n) is 3.12. The summed E-state index contributed by atoms with van der Waals surface area (Å²) in [5.41, 5.74) is 11.6. The van der Waals surface area contributed by atoms with Gasteiger partial charge in [0.25, 0.3) is 0 Å². The van der Waals surface area contributed by atoms with Crippen molar-refractivity contribution in [3.63, 3.8) is 0 Å². The highest BCUT2D eigenvalue weighted by atomic mass is 16.2. The molecule has 0 radical (unpaired) electrons. The fourth-order valence-corrected chi connectivity index (χ4v) is 3.12. The molecule has 4 nitrogen and oxygen atoms in total. The molecule has 1 aliphatic heterocycles.